The number of nitriles is 1. The third-order valence-electron chi connectivity index (χ3n) is 8.35. The molecule has 15 heteroatoms. The van der Waals surface area contributed by atoms with Gasteiger partial charge in [-0.2, -0.15) is 5.26 Å². The summed E-state index contributed by atoms with van der Waals surface area (Å²) in [5.74, 6) is -0.558. The number of nitrogens with one attached hydrogen (secondary N) is 2. The highest BCUT2D eigenvalue weighted by atomic mass is 35.5. The molecule has 3 aromatic heterocycles. The Bertz CT molecular complexity index is 2000. The van der Waals surface area contributed by atoms with E-state index in [1.807, 2.05) is 16.9 Å². The van der Waals surface area contributed by atoms with E-state index < -0.39 is 11.9 Å². The van der Waals surface area contributed by atoms with E-state index in [1.165, 1.54) is 24.4 Å². The largest absolute Gasteiger partial charge is 0.371 e. The van der Waals surface area contributed by atoms with Crippen LogP contribution in [0.3, 0.4) is 0 Å². The van der Waals surface area contributed by atoms with Crippen LogP contribution in [0.2, 0.25) is 10.0 Å². The second-order valence-corrected chi connectivity index (χ2v) is 13.4. The Hall–Kier alpha value is -4.80. The second-order valence-electron chi connectivity index (χ2n) is 12.6. The van der Waals surface area contributed by atoms with Crippen LogP contribution in [0.4, 0.5) is 21.5 Å². The van der Waals surface area contributed by atoms with Gasteiger partial charge in [0.1, 0.15) is 29.3 Å². The number of rotatable bonds is 8. The van der Waals surface area contributed by atoms with Crippen LogP contribution in [0.25, 0.3) is 10.9 Å². The van der Waals surface area contributed by atoms with Gasteiger partial charge in [-0.15, -0.1) is 10.2 Å². The molecule has 4 heterocycles. The topological polar surface area (TPSA) is 142 Å². The number of aromatic nitrogens is 7. The van der Waals surface area contributed by atoms with Crippen LogP contribution < -0.4 is 10.6 Å². The SMILES string of the molecule is Cn1cc(C(Nc2cc(Cl)c3ncc(C#N)c(Nc4ccc(F)c(Cl)c4)c3c2)c2cn(C3CCN([C]=O)C(C(C)(C)C)C3)nn2)nn1. The van der Waals surface area contributed by atoms with Gasteiger partial charge in [0, 0.05) is 42.6 Å². The Morgan fingerprint density at radius 2 is 1.81 bits per heavy atom. The third kappa shape index (κ3) is 6.57. The molecule has 241 valence electrons. The molecule has 0 spiro atoms. The molecule has 2 aromatic carbocycles. The molecule has 1 amide bonds. The molecule has 1 fully saturated rings. The Balaban J connectivity index is 1.37. The highest BCUT2D eigenvalue weighted by Gasteiger charge is 2.37. The van der Waals surface area contributed by atoms with Crippen molar-refractivity contribution in [1.82, 2.24) is 39.9 Å². The van der Waals surface area contributed by atoms with E-state index in [2.05, 4.69) is 69.5 Å². The van der Waals surface area contributed by atoms with Crippen LogP contribution in [0, 0.1) is 22.6 Å². The molecule has 3 atom stereocenters. The Morgan fingerprint density at radius 1 is 1.06 bits per heavy atom. The minimum absolute atomic E-state index is 0.000653. The molecule has 0 saturated carbocycles. The number of hydrogen-bond acceptors (Lipinski definition) is 9. The Labute approximate surface area is 280 Å². The number of hydrogen-bond donors (Lipinski definition) is 2. The van der Waals surface area contributed by atoms with Gasteiger partial charge in [0.25, 0.3) is 0 Å². The van der Waals surface area contributed by atoms with E-state index in [1.54, 1.807) is 28.9 Å². The smallest absolute Gasteiger partial charge is 0.312 e. The van der Waals surface area contributed by atoms with Crippen molar-refractivity contribution in [2.24, 2.45) is 12.5 Å². The van der Waals surface area contributed by atoms with Crippen LogP contribution in [-0.2, 0) is 11.8 Å². The first-order chi connectivity index (χ1) is 22.4. The van der Waals surface area contributed by atoms with Crippen molar-refractivity contribution in [2.75, 3.05) is 17.2 Å². The Morgan fingerprint density at radius 3 is 2.49 bits per heavy atom. The molecule has 6 rings (SSSR count). The zero-order chi connectivity index (χ0) is 33.5. The van der Waals surface area contributed by atoms with E-state index >= 15 is 0 Å². The monoisotopic (exact) mass is 674 g/mol. The standard InChI is InChI=1S/C32H31Cl2FN11O/c1-32(2,3)28-12-21(7-8-45(28)17-47)46-16-27(41-43-46)31(26-15-44(4)42-40-26)39-20-9-22-29(38-19-5-6-25(35)23(33)10-19)18(13-36)14-37-30(22)24(34)11-20/h5-6,9-11,14-16,21,28,31,39H,7-8,12H2,1-4H3,(H,37,38). The minimum Gasteiger partial charge on any atom is -0.371 e. The lowest BCUT2D eigenvalue weighted by atomic mass is 9.79. The zero-order valence-corrected chi connectivity index (χ0v) is 27.6. The van der Waals surface area contributed by atoms with Gasteiger partial charge < -0.3 is 15.5 Å². The van der Waals surface area contributed by atoms with Crippen LogP contribution in [0.15, 0.2) is 48.9 Å². The van der Waals surface area contributed by atoms with Gasteiger partial charge in [-0.25, -0.2) is 9.07 Å². The van der Waals surface area contributed by atoms with Gasteiger partial charge in [-0.3, -0.25) is 14.5 Å². The summed E-state index contributed by atoms with van der Waals surface area (Å²) in [5.41, 5.74) is 3.28. The van der Waals surface area contributed by atoms with Crippen molar-refractivity contribution in [2.45, 2.75) is 51.7 Å². The number of benzene rings is 2. The first kappa shape index (κ1) is 32.2. The summed E-state index contributed by atoms with van der Waals surface area (Å²) in [7, 11) is 1.77. The van der Waals surface area contributed by atoms with Crippen LogP contribution in [0.5, 0.6) is 0 Å². The fourth-order valence-electron chi connectivity index (χ4n) is 5.96. The van der Waals surface area contributed by atoms with Crippen LogP contribution in [0.1, 0.15) is 62.6 Å². The van der Waals surface area contributed by atoms with Gasteiger partial charge in [0.15, 0.2) is 0 Å². The maximum Gasteiger partial charge on any atom is 0.312 e. The fraction of sp³-hybridized carbons (Fsp3) is 0.344. The molecule has 0 aliphatic carbocycles. The van der Waals surface area contributed by atoms with E-state index in [4.69, 9.17) is 23.2 Å². The van der Waals surface area contributed by atoms with E-state index in [0.717, 1.165) is 6.42 Å². The number of aryl methyl sites for hydroxylation is 1. The summed E-state index contributed by atoms with van der Waals surface area (Å²) in [5, 5.41) is 34.9. The van der Waals surface area contributed by atoms with Gasteiger partial charge in [-0.05, 0) is 48.6 Å². The summed E-state index contributed by atoms with van der Waals surface area (Å²) >= 11 is 12.8. The average molecular weight is 676 g/mol. The Kier molecular flexibility index (Phi) is 8.74. The van der Waals surface area contributed by atoms with Gasteiger partial charge in [-0.1, -0.05) is 54.4 Å². The quantitative estimate of drug-likeness (QED) is 0.193. The van der Waals surface area contributed by atoms with E-state index in [-0.39, 0.29) is 28.1 Å². The number of carbonyl (C=O) groups excluding carboxylic acids is 1. The molecule has 12 nitrogen and oxygen atoms in total. The minimum atomic E-state index is -0.577. The highest BCUT2D eigenvalue weighted by molar-refractivity contribution is 6.36. The molecular formula is C32H31Cl2FN11O. The molecule has 1 aliphatic rings. The van der Waals surface area contributed by atoms with Gasteiger partial charge in [0.2, 0.25) is 0 Å². The first-order valence-electron chi connectivity index (χ1n) is 14.9. The second kappa shape index (κ2) is 12.8. The molecule has 5 aromatic rings. The highest BCUT2D eigenvalue weighted by Crippen LogP contribution is 2.38. The number of piperidine rings is 1. The van der Waals surface area contributed by atoms with Crippen molar-refractivity contribution in [1.29, 1.82) is 5.26 Å². The predicted octanol–water partition coefficient (Wildman–Crippen LogP) is 6.34. The van der Waals surface area contributed by atoms with Crippen molar-refractivity contribution >= 4 is 57.6 Å². The zero-order valence-electron chi connectivity index (χ0n) is 26.0. The summed E-state index contributed by atoms with van der Waals surface area (Å²) in [4.78, 5) is 17.8. The van der Waals surface area contributed by atoms with E-state index in [0.29, 0.717) is 57.3 Å². The number of nitrogens with zero attached hydrogens (tertiary/aromatic N) is 9. The predicted molar refractivity (Wildman–Crippen MR) is 177 cm³/mol. The molecule has 1 radical (unpaired) electrons. The van der Waals surface area contributed by atoms with Gasteiger partial charge >= 0.3 is 6.41 Å². The first-order valence-corrected chi connectivity index (χ1v) is 15.6. The number of halogens is 3. The lowest BCUT2D eigenvalue weighted by molar-refractivity contribution is 0.0894. The fourth-order valence-corrected chi connectivity index (χ4v) is 6.41. The molecule has 3 unspecified atom stereocenters. The maximum absolute atomic E-state index is 13.9. The van der Waals surface area contributed by atoms with Crippen LogP contribution >= 0.6 is 23.2 Å². The average Bonchev–Trinajstić information content (AvgIpc) is 3.71. The number of anilines is 3. The molecule has 1 aliphatic heterocycles. The number of pyridine rings is 1. The van der Waals surface area contributed by atoms with Gasteiger partial charge in [0.05, 0.1) is 45.2 Å². The molecule has 1 saturated heterocycles. The molecule has 2 N–H and O–H groups in total. The van der Waals surface area contributed by atoms with E-state index in [9.17, 15) is 14.4 Å². The number of fused-ring (bicyclic) bond motifs is 1. The van der Waals surface area contributed by atoms with Crippen molar-refractivity contribution in [3.05, 3.63) is 81.7 Å². The normalized spacial score (nSPS) is 17.4. The summed E-state index contributed by atoms with van der Waals surface area (Å²) in [6.07, 6.45) is 8.64. The summed E-state index contributed by atoms with van der Waals surface area (Å²) in [6.45, 7) is 6.92. The maximum atomic E-state index is 13.9. The molecular weight excluding hydrogens is 644 g/mol. The molecule has 0 bridgehead atoms. The summed E-state index contributed by atoms with van der Waals surface area (Å²) < 4.78 is 17.3. The number of amides is 1. The van der Waals surface area contributed by atoms with Crippen molar-refractivity contribution in [3.8, 4) is 6.07 Å². The van der Waals surface area contributed by atoms with Crippen molar-refractivity contribution < 1.29 is 9.18 Å². The number of likely N-dealkylation sites (tertiary alicyclic amines) is 1. The summed E-state index contributed by atoms with van der Waals surface area (Å²) in [6, 6.07) is 9.37. The lowest BCUT2D eigenvalue weighted by Gasteiger charge is -2.43. The lowest BCUT2D eigenvalue weighted by Crippen LogP contribution is -2.49. The van der Waals surface area contributed by atoms with Crippen LogP contribution in [-0.4, -0.2) is 58.9 Å². The third-order valence-corrected chi connectivity index (χ3v) is 8.93. The van der Waals surface area contributed by atoms with Crippen molar-refractivity contribution in [3.63, 3.8) is 0 Å². The molecule has 47 heavy (non-hydrogen) atoms.